The summed E-state index contributed by atoms with van der Waals surface area (Å²) >= 11 is 0. The molecule has 0 aromatic heterocycles. The van der Waals surface area contributed by atoms with Crippen molar-refractivity contribution < 1.29 is 9.53 Å². The molecule has 2 N–H and O–H groups in total. The normalized spacial score (nSPS) is 20.9. The van der Waals surface area contributed by atoms with Crippen LogP contribution in [0.25, 0.3) is 0 Å². The molecule has 1 amide bonds. The number of hydrogen-bond acceptors (Lipinski definition) is 4. The quantitative estimate of drug-likeness (QED) is 0.644. The molecule has 0 aromatic carbocycles. The van der Waals surface area contributed by atoms with Gasteiger partial charge in [-0.15, -0.1) is 24.8 Å². The van der Waals surface area contributed by atoms with Crippen LogP contribution in [0.4, 0.5) is 0 Å². The van der Waals surface area contributed by atoms with Gasteiger partial charge >= 0.3 is 0 Å². The van der Waals surface area contributed by atoms with E-state index in [4.69, 9.17) is 4.74 Å². The highest BCUT2D eigenvalue weighted by molar-refractivity contribution is 5.85. The molecule has 2 heterocycles. The van der Waals surface area contributed by atoms with E-state index in [0.717, 1.165) is 38.4 Å². The highest BCUT2D eigenvalue weighted by Crippen LogP contribution is 2.29. The van der Waals surface area contributed by atoms with E-state index >= 15 is 0 Å². The Kier molecular flexibility index (Phi) is 13.1. The van der Waals surface area contributed by atoms with Crippen molar-refractivity contribution in [3.05, 3.63) is 0 Å². The number of carbonyl (C=O) groups excluding carboxylic acids is 1. The number of methoxy groups -OCH3 is 1. The predicted molar refractivity (Wildman–Crippen MR) is 113 cm³/mol. The first-order valence-corrected chi connectivity index (χ1v) is 9.76. The van der Waals surface area contributed by atoms with Gasteiger partial charge in [-0.25, -0.2) is 0 Å². The van der Waals surface area contributed by atoms with Gasteiger partial charge in [0.25, 0.3) is 0 Å². The van der Waals surface area contributed by atoms with Gasteiger partial charge in [0.05, 0.1) is 12.0 Å². The SMILES string of the molecule is COCC1(C(=O)NCC2CCN(CCC(C)C)CC2)CCNCC1.Cl.Cl. The molecule has 2 fully saturated rings. The highest BCUT2D eigenvalue weighted by Gasteiger charge is 2.39. The molecule has 0 spiro atoms. The third-order valence-electron chi connectivity index (χ3n) is 5.74. The molecular weight excluding hydrogens is 373 g/mol. The zero-order valence-electron chi connectivity index (χ0n) is 16.7. The Morgan fingerprint density at radius 1 is 1.23 bits per heavy atom. The second-order valence-corrected chi connectivity index (χ2v) is 8.14. The van der Waals surface area contributed by atoms with Crippen molar-refractivity contribution in [3.8, 4) is 0 Å². The molecule has 2 rings (SSSR count). The van der Waals surface area contributed by atoms with Crippen molar-refractivity contribution in [1.82, 2.24) is 15.5 Å². The Bertz CT molecular complexity index is 377. The Balaban J connectivity index is 0.00000312. The fourth-order valence-corrected chi connectivity index (χ4v) is 3.90. The molecule has 2 aliphatic rings. The molecule has 0 aliphatic carbocycles. The summed E-state index contributed by atoms with van der Waals surface area (Å²) < 4.78 is 5.36. The molecule has 0 unspecified atom stereocenters. The number of halogens is 2. The summed E-state index contributed by atoms with van der Waals surface area (Å²) in [6.45, 7) is 11.3. The maximum Gasteiger partial charge on any atom is 0.228 e. The van der Waals surface area contributed by atoms with Crippen LogP contribution in [0.5, 0.6) is 0 Å². The topological polar surface area (TPSA) is 53.6 Å². The summed E-state index contributed by atoms with van der Waals surface area (Å²) in [5.41, 5.74) is -0.321. The number of nitrogens with zero attached hydrogens (tertiary/aromatic N) is 1. The van der Waals surface area contributed by atoms with Crippen LogP contribution in [0.3, 0.4) is 0 Å². The number of rotatable bonds is 8. The van der Waals surface area contributed by atoms with Gasteiger partial charge in [0.1, 0.15) is 0 Å². The highest BCUT2D eigenvalue weighted by atomic mass is 35.5. The molecule has 156 valence electrons. The van der Waals surface area contributed by atoms with E-state index in [1.807, 2.05) is 0 Å². The van der Waals surface area contributed by atoms with E-state index in [2.05, 4.69) is 29.4 Å². The Morgan fingerprint density at radius 3 is 2.38 bits per heavy atom. The molecule has 2 saturated heterocycles. The molecule has 0 atom stereocenters. The smallest absolute Gasteiger partial charge is 0.228 e. The maximum atomic E-state index is 12.8. The van der Waals surface area contributed by atoms with Crippen LogP contribution in [-0.2, 0) is 9.53 Å². The van der Waals surface area contributed by atoms with Gasteiger partial charge in [0.15, 0.2) is 0 Å². The van der Waals surface area contributed by atoms with Gasteiger partial charge in [-0.2, -0.15) is 0 Å². The second-order valence-electron chi connectivity index (χ2n) is 8.14. The van der Waals surface area contributed by atoms with Crippen LogP contribution in [0.15, 0.2) is 0 Å². The summed E-state index contributed by atoms with van der Waals surface area (Å²) in [7, 11) is 1.70. The Morgan fingerprint density at radius 2 is 1.85 bits per heavy atom. The van der Waals surface area contributed by atoms with Crippen LogP contribution in [0.2, 0.25) is 0 Å². The summed E-state index contributed by atoms with van der Waals surface area (Å²) in [5.74, 6) is 1.61. The first-order valence-electron chi connectivity index (χ1n) is 9.76. The Labute approximate surface area is 172 Å². The minimum Gasteiger partial charge on any atom is -0.384 e. The molecule has 5 nitrogen and oxygen atoms in total. The summed E-state index contributed by atoms with van der Waals surface area (Å²) in [6.07, 6.45) is 5.45. The summed E-state index contributed by atoms with van der Waals surface area (Å²) in [6, 6.07) is 0. The van der Waals surface area contributed by atoms with Gasteiger partial charge in [-0.1, -0.05) is 13.8 Å². The average molecular weight is 412 g/mol. The molecule has 26 heavy (non-hydrogen) atoms. The molecule has 0 saturated carbocycles. The zero-order chi connectivity index (χ0) is 17.4. The van der Waals surface area contributed by atoms with E-state index in [1.54, 1.807) is 7.11 Å². The zero-order valence-corrected chi connectivity index (χ0v) is 18.4. The summed E-state index contributed by atoms with van der Waals surface area (Å²) in [4.78, 5) is 15.3. The van der Waals surface area contributed by atoms with Gasteiger partial charge in [0, 0.05) is 13.7 Å². The molecule has 2 aliphatic heterocycles. The molecular formula is C19H39Cl2N3O2. The minimum absolute atomic E-state index is 0. The van der Waals surface area contributed by atoms with E-state index in [0.29, 0.717) is 12.5 Å². The second kappa shape index (κ2) is 13.2. The number of likely N-dealkylation sites (tertiary alicyclic amines) is 1. The van der Waals surface area contributed by atoms with Crippen molar-refractivity contribution in [2.45, 2.75) is 46.0 Å². The average Bonchev–Trinajstić information content (AvgIpc) is 2.59. The van der Waals surface area contributed by atoms with Crippen molar-refractivity contribution in [3.63, 3.8) is 0 Å². The number of carbonyl (C=O) groups is 1. The standard InChI is InChI=1S/C19H37N3O2.2ClH/c1-16(2)4-11-22-12-5-17(6-13-22)14-21-18(23)19(15-24-3)7-9-20-10-8-19;;/h16-17,20H,4-15H2,1-3H3,(H,21,23);2*1H. The van der Waals surface area contributed by atoms with E-state index < -0.39 is 0 Å². The van der Waals surface area contributed by atoms with Crippen LogP contribution in [0, 0.1) is 17.3 Å². The maximum absolute atomic E-state index is 12.8. The third-order valence-corrected chi connectivity index (χ3v) is 5.74. The third kappa shape index (κ3) is 7.89. The van der Waals surface area contributed by atoms with E-state index in [9.17, 15) is 4.79 Å². The van der Waals surface area contributed by atoms with Crippen LogP contribution >= 0.6 is 24.8 Å². The molecule has 0 radical (unpaired) electrons. The number of ether oxygens (including phenoxy) is 1. The van der Waals surface area contributed by atoms with Crippen molar-refractivity contribution in [2.24, 2.45) is 17.3 Å². The van der Waals surface area contributed by atoms with E-state index in [1.165, 1.54) is 38.9 Å². The molecule has 0 bridgehead atoms. The van der Waals surface area contributed by atoms with Crippen LogP contribution in [-0.4, -0.2) is 63.8 Å². The number of hydrogen-bond donors (Lipinski definition) is 2. The van der Waals surface area contributed by atoms with E-state index in [-0.39, 0.29) is 36.1 Å². The monoisotopic (exact) mass is 411 g/mol. The lowest BCUT2D eigenvalue weighted by Crippen LogP contribution is -2.51. The van der Waals surface area contributed by atoms with Crippen molar-refractivity contribution in [1.29, 1.82) is 0 Å². The largest absolute Gasteiger partial charge is 0.384 e. The number of nitrogens with one attached hydrogen (secondary N) is 2. The lowest BCUT2D eigenvalue weighted by atomic mass is 9.78. The fraction of sp³-hybridized carbons (Fsp3) is 0.947. The van der Waals surface area contributed by atoms with Gasteiger partial charge < -0.3 is 20.3 Å². The predicted octanol–water partition coefficient (Wildman–Crippen LogP) is 2.72. The Hall–Kier alpha value is -0.0700. The van der Waals surface area contributed by atoms with Crippen molar-refractivity contribution >= 4 is 30.7 Å². The fourth-order valence-electron chi connectivity index (χ4n) is 3.90. The first-order chi connectivity index (χ1) is 11.6. The number of piperidine rings is 2. The van der Waals surface area contributed by atoms with Gasteiger partial charge in [-0.3, -0.25) is 4.79 Å². The number of amides is 1. The van der Waals surface area contributed by atoms with Crippen molar-refractivity contribution in [2.75, 3.05) is 53.0 Å². The van der Waals surface area contributed by atoms with Crippen LogP contribution < -0.4 is 10.6 Å². The first kappa shape index (κ1) is 25.9. The van der Waals surface area contributed by atoms with Crippen LogP contribution in [0.1, 0.15) is 46.0 Å². The minimum atomic E-state index is -0.321. The summed E-state index contributed by atoms with van der Waals surface area (Å²) in [5, 5.41) is 6.59. The lowest BCUT2D eigenvalue weighted by molar-refractivity contribution is -0.136. The van der Waals surface area contributed by atoms with Gasteiger partial charge in [-0.05, 0) is 76.7 Å². The van der Waals surface area contributed by atoms with Gasteiger partial charge in [0.2, 0.25) is 5.91 Å². The molecule has 0 aromatic rings. The molecule has 7 heteroatoms. The lowest BCUT2D eigenvalue weighted by Gasteiger charge is -2.37.